The summed E-state index contributed by atoms with van der Waals surface area (Å²) in [6, 6.07) is 2.05. The second kappa shape index (κ2) is 5.19. The fourth-order valence-corrected chi connectivity index (χ4v) is 3.42. The highest BCUT2D eigenvalue weighted by Crippen LogP contribution is 2.35. The molecular weight excluding hydrogens is 232 g/mol. The number of amides is 1. The number of nitrogens with two attached hydrogens (primary N) is 1. The first-order valence-electron chi connectivity index (χ1n) is 6.31. The minimum absolute atomic E-state index is 0.108. The first-order valence-corrected chi connectivity index (χ1v) is 7.19. The van der Waals surface area contributed by atoms with E-state index in [1.807, 2.05) is 11.8 Å². The van der Waals surface area contributed by atoms with Crippen LogP contribution < -0.4 is 5.73 Å². The van der Waals surface area contributed by atoms with Crippen LogP contribution in [0.15, 0.2) is 11.4 Å². The molecule has 1 aromatic rings. The molecule has 0 fully saturated rings. The molecule has 1 unspecified atom stereocenters. The van der Waals surface area contributed by atoms with Crippen molar-refractivity contribution in [2.24, 2.45) is 5.73 Å². The van der Waals surface area contributed by atoms with Crippen LogP contribution in [0.1, 0.15) is 43.2 Å². The van der Waals surface area contributed by atoms with Gasteiger partial charge in [-0.2, -0.15) is 0 Å². The quantitative estimate of drug-likeness (QED) is 0.897. The maximum Gasteiger partial charge on any atom is 0.239 e. The van der Waals surface area contributed by atoms with E-state index in [-0.39, 0.29) is 18.0 Å². The van der Waals surface area contributed by atoms with Crippen LogP contribution in [0, 0.1) is 0 Å². The van der Waals surface area contributed by atoms with Gasteiger partial charge in [-0.3, -0.25) is 4.79 Å². The summed E-state index contributed by atoms with van der Waals surface area (Å²) in [6.07, 6.45) is 2.65. The Bertz CT molecular complexity index is 402. The fraction of sp³-hybridized carbons (Fsp3) is 0.615. The standard InChI is InChI=1S/C13H20N2OS/c1-3-10(14)13(16)15-7-5-12-9(6-8-17-12)11(15)4-2/h6,8,10-11H,3-5,7,14H2,1-2H3/t10-,11?/m1/s1. The molecule has 2 heterocycles. The molecule has 0 spiro atoms. The van der Waals surface area contributed by atoms with Crippen LogP contribution in [0.4, 0.5) is 0 Å². The van der Waals surface area contributed by atoms with Gasteiger partial charge in [0.2, 0.25) is 5.91 Å². The van der Waals surface area contributed by atoms with Gasteiger partial charge >= 0.3 is 0 Å². The molecule has 0 bridgehead atoms. The molecule has 2 atom stereocenters. The fourth-order valence-electron chi connectivity index (χ4n) is 2.49. The van der Waals surface area contributed by atoms with Crippen molar-refractivity contribution in [3.05, 3.63) is 21.9 Å². The number of fused-ring (bicyclic) bond motifs is 1. The molecule has 17 heavy (non-hydrogen) atoms. The Kier molecular flexibility index (Phi) is 3.84. The van der Waals surface area contributed by atoms with Gasteiger partial charge in [-0.05, 0) is 36.3 Å². The van der Waals surface area contributed by atoms with Crippen molar-refractivity contribution in [2.75, 3.05) is 6.54 Å². The van der Waals surface area contributed by atoms with Gasteiger partial charge in [-0.15, -0.1) is 11.3 Å². The molecule has 1 aliphatic heterocycles. The van der Waals surface area contributed by atoms with Gasteiger partial charge in [0.25, 0.3) is 0 Å². The number of thiophene rings is 1. The lowest BCUT2D eigenvalue weighted by Gasteiger charge is -2.36. The monoisotopic (exact) mass is 252 g/mol. The van der Waals surface area contributed by atoms with E-state index in [0.717, 1.165) is 19.4 Å². The number of rotatable bonds is 3. The Balaban J connectivity index is 2.23. The lowest BCUT2D eigenvalue weighted by molar-refractivity contribution is -0.135. The molecule has 0 saturated heterocycles. The minimum atomic E-state index is -0.343. The average molecular weight is 252 g/mol. The second-order valence-electron chi connectivity index (χ2n) is 4.52. The van der Waals surface area contributed by atoms with E-state index in [0.29, 0.717) is 6.42 Å². The van der Waals surface area contributed by atoms with Gasteiger partial charge in [0.15, 0.2) is 0 Å². The molecule has 1 amide bonds. The largest absolute Gasteiger partial charge is 0.334 e. The molecule has 94 valence electrons. The summed E-state index contributed by atoms with van der Waals surface area (Å²) >= 11 is 1.80. The first kappa shape index (κ1) is 12.6. The zero-order valence-corrected chi connectivity index (χ0v) is 11.3. The minimum Gasteiger partial charge on any atom is -0.334 e. The van der Waals surface area contributed by atoms with Crippen molar-refractivity contribution < 1.29 is 4.79 Å². The van der Waals surface area contributed by atoms with Gasteiger partial charge in [0.1, 0.15) is 0 Å². The Morgan fingerprint density at radius 3 is 3.06 bits per heavy atom. The predicted molar refractivity (Wildman–Crippen MR) is 71.0 cm³/mol. The maximum absolute atomic E-state index is 12.2. The predicted octanol–water partition coefficient (Wildman–Crippen LogP) is 2.32. The van der Waals surface area contributed by atoms with E-state index in [2.05, 4.69) is 18.4 Å². The SMILES string of the molecule is CCC1c2ccsc2CCN1C(=O)[C@H](N)CC. The van der Waals surface area contributed by atoms with Crippen LogP contribution in [-0.2, 0) is 11.2 Å². The summed E-state index contributed by atoms with van der Waals surface area (Å²) in [7, 11) is 0. The number of hydrogen-bond donors (Lipinski definition) is 1. The summed E-state index contributed by atoms with van der Waals surface area (Å²) in [5.41, 5.74) is 7.20. The molecular formula is C13H20N2OS. The van der Waals surface area contributed by atoms with Crippen LogP contribution in [-0.4, -0.2) is 23.4 Å². The summed E-state index contributed by atoms with van der Waals surface area (Å²) in [6.45, 7) is 4.91. The summed E-state index contributed by atoms with van der Waals surface area (Å²) in [5, 5.41) is 2.13. The van der Waals surface area contributed by atoms with Gasteiger partial charge in [0.05, 0.1) is 12.1 Å². The van der Waals surface area contributed by atoms with E-state index in [9.17, 15) is 4.79 Å². The van der Waals surface area contributed by atoms with Crippen molar-refractivity contribution in [1.29, 1.82) is 0 Å². The van der Waals surface area contributed by atoms with Gasteiger partial charge in [-0.1, -0.05) is 13.8 Å². The van der Waals surface area contributed by atoms with E-state index < -0.39 is 0 Å². The number of nitrogens with zero attached hydrogens (tertiary/aromatic N) is 1. The van der Waals surface area contributed by atoms with Crippen LogP contribution in [0.5, 0.6) is 0 Å². The normalized spacial score (nSPS) is 21.1. The number of hydrogen-bond acceptors (Lipinski definition) is 3. The van der Waals surface area contributed by atoms with Gasteiger partial charge < -0.3 is 10.6 Å². The number of carbonyl (C=O) groups excluding carboxylic acids is 1. The summed E-state index contributed by atoms with van der Waals surface area (Å²) in [4.78, 5) is 15.6. The van der Waals surface area contributed by atoms with E-state index >= 15 is 0 Å². The molecule has 1 aliphatic rings. The zero-order chi connectivity index (χ0) is 12.4. The van der Waals surface area contributed by atoms with Crippen molar-refractivity contribution in [3.8, 4) is 0 Å². The summed E-state index contributed by atoms with van der Waals surface area (Å²) in [5.74, 6) is 0.108. The maximum atomic E-state index is 12.2. The van der Waals surface area contributed by atoms with Crippen LogP contribution >= 0.6 is 11.3 Å². The molecule has 0 saturated carbocycles. The molecule has 0 aromatic carbocycles. The van der Waals surface area contributed by atoms with Gasteiger partial charge in [0, 0.05) is 11.4 Å². The molecule has 3 nitrogen and oxygen atoms in total. The van der Waals surface area contributed by atoms with E-state index in [1.54, 1.807) is 11.3 Å². The van der Waals surface area contributed by atoms with Crippen molar-refractivity contribution in [1.82, 2.24) is 4.90 Å². The Morgan fingerprint density at radius 2 is 2.41 bits per heavy atom. The Hall–Kier alpha value is -0.870. The third kappa shape index (κ3) is 2.24. The lowest BCUT2D eigenvalue weighted by atomic mass is 9.97. The number of carbonyl (C=O) groups is 1. The van der Waals surface area contributed by atoms with Crippen molar-refractivity contribution in [2.45, 2.75) is 45.2 Å². The van der Waals surface area contributed by atoms with E-state index in [1.165, 1.54) is 10.4 Å². The van der Waals surface area contributed by atoms with E-state index in [4.69, 9.17) is 5.73 Å². The second-order valence-corrected chi connectivity index (χ2v) is 5.52. The first-order chi connectivity index (χ1) is 8.19. The van der Waals surface area contributed by atoms with Crippen molar-refractivity contribution >= 4 is 17.2 Å². The highest BCUT2D eigenvalue weighted by molar-refractivity contribution is 7.10. The lowest BCUT2D eigenvalue weighted by Crippen LogP contribution is -2.47. The molecule has 2 N–H and O–H groups in total. The van der Waals surface area contributed by atoms with Crippen LogP contribution in [0.2, 0.25) is 0 Å². The molecule has 2 rings (SSSR count). The third-order valence-electron chi connectivity index (χ3n) is 3.52. The molecule has 1 aromatic heterocycles. The average Bonchev–Trinajstić information content (AvgIpc) is 2.83. The van der Waals surface area contributed by atoms with Crippen molar-refractivity contribution in [3.63, 3.8) is 0 Å². The third-order valence-corrected chi connectivity index (χ3v) is 4.52. The van der Waals surface area contributed by atoms with Crippen LogP contribution in [0.25, 0.3) is 0 Å². The topological polar surface area (TPSA) is 46.3 Å². The highest BCUT2D eigenvalue weighted by atomic mass is 32.1. The van der Waals surface area contributed by atoms with Gasteiger partial charge in [-0.25, -0.2) is 0 Å². The smallest absolute Gasteiger partial charge is 0.239 e. The zero-order valence-electron chi connectivity index (χ0n) is 10.5. The van der Waals surface area contributed by atoms with Crippen LogP contribution in [0.3, 0.4) is 0 Å². The molecule has 0 radical (unpaired) electrons. The molecule has 4 heteroatoms. The Morgan fingerprint density at radius 1 is 1.65 bits per heavy atom. The highest BCUT2D eigenvalue weighted by Gasteiger charge is 2.31. The Labute approximate surface area is 107 Å². The summed E-state index contributed by atoms with van der Waals surface area (Å²) < 4.78 is 0. The molecule has 0 aliphatic carbocycles.